The molecule has 0 spiro atoms. The normalized spacial score (nSPS) is 31.1. The molecule has 3 N–H and O–H groups in total. The molecule has 0 aromatic heterocycles. The van der Waals surface area contributed by atoms with Gasteiger partial charge in [0.05, 0.1) is 24.0 Å². The van der Waals surface area contributed by atoms with Gasteiger partial charge in [0.2, 0.25) is 0 Å². The van der Waals surface area contributed by atoms with E-state index in [1.54, 1.807) is 39.3 Å². The number of thiol groups is 1. The average molecular weight is 480 g/mol. The lowest BCUT2D eigenvalue weighted by atomic mass is 9.73. The molecular weight excluding hydrogens is 438 g/mol. The second-order valence-corrected chi connectivity index (χ2v) is 9.94. The van der Waals surface area contributed by atoms with Crippen LogP contribution in [-0.2, 0) is 14.3 Å². The van der Waals surface area contributed by atoms with Gasteiger partial charge in [-0.05, 0) is 61.7 Å². The van der Waals surface area contributed by atoms with E-state index in [1.807, 2.05) is 26.8 Å². The van der Waals surface area contributed by atoms with Crippen molar-refractivity contribution in [3.63, 3.8) is 0 Å². The van der Waals surface area contributed by atoms with Crippen LogP contribution in [0.25, 0.3) is 0 Å². The highest BCUT2D eigenvalue weighted by Gasteiger charge is 2.42. The molecule has 7 heteroatoms. The summed E-state index contributed by atoms with van der Waals surface area (Å²) < 4.78 is 5.68. The van der Waals surface area contributed by atoms with E-state index in [9.17, 15) is 19.8 Å². The second-order valence-electron chi connectivity index (χ2n) is 9.68. The summed E-state index contributed by atoms with van der Waals surface area (Å²) in [5, 5.41) is 26.1. The van der Waals surface area contributed by atoms with Gasteiger partial charge < -0.3 is 20.3 Å². The lowest BCUT2D eigenvalue weighted by Crippen LogP contribution is -2.45. The molecule has 0 saturated carbocycles. The average Bonchev–Trinajstić information content (AvgIpc) is 2.77. The molecule has 6 nitrogen and oxygen atoms in total. The Hall–Kier alpha value is -1.79. The third-order valence-electron chi connectivity index (χ3n) is 6.55. The van der Waals surface area contributed by atoms with Gasteiger partial charge in [0.25, 0.3) is 0 Å². The number of aliphatic hydroxyl groups excluding tert-OH is 2. The van der Waals surface area contributed by atoms with E-state index in [0.29, 0.717) is 0 Å². The van der Waals surface area contributed by atoms with Crippen molar-refractivity contribution < 1.29 is 24.5 Å². The standard InChI is InChI=1S/C26H41NO5S/c1-16-9-8-10-17(2)24(30)19(4)25(31)26(5,6)22(28)14-23(29)32-21(12-11-16)18(3)13-20(15-33)27-7/h12-13,15,17,19,21-22,24,27-28,30,33H,8-10,14H2,1-7H3/b18-13+,20-15-/t11?,17-,19+,21-,22-,24-/m0/s1. The summed E-state index contributed by atoms with van der Waals surface area (Å²) in [4.78, 5) is 25.9. The molecule has 0 aromatic carbocycles. The topological polar surface area (TPSA) is 95.9 Å². The van der Waals surface area contributed by atoms with E-state index < -0.39 is 35.6 Å². The van der Waals surface area contributed by atoms with Crippen LogP contribution in [0.3, 0.4) is 0 Å². The fourth-order valence-electron chi connectivity index (χ4n) is 3.91. The monoisotopic (exact) mass is 479 g/mol. The number of esters is 1. The zero-order chi connectivity index (χ0) is 25.3. The molecule has 0 radical (unpaired) electrons. The molecule has 0 aliphatic carbocycles. The summed E-state index contributed by atoms with van der Waals surface area (Å²) in [7, 11) is 1.77. The van der Waals surface area contributed by atoms with Gasteiger partial charge in [-0.15, -0.1) is 18.4 Å². The van der Waals surface area contributed by atoms with Crippen LogP contribution in [-0.4, -0.2) is 47.3 Å². The number of nitrogens with one attached hydrogen (secondary N) is 1. The van der Waals surface area contributed by atoms with E-state index >= 15 is 0 Å². The zero-order valence-electron chi connectivity index (χ0n) is 21.0. The van der Waals surface area contributed by atoms with E-state index in [0.717, 1.165) is 36.1 Å². The van der Waals surface area contributed by atoms with Crippen molar-refractivity contribution in [1.82, 2.24) is 5.32 Å². The molecular formula is C26H41NO5S. The molecule has 33 heavy (non-hydrogen) atoms. The molecule has 1 aliphatic heterocycles. The number of carbonyl (C=O) groups excluding carboxylic acids is 2. The highest BCUT2D eigenvalue weighted by atomic mass is 32.1. The number of cyclic esters (lactones) is 1. The Morgan fingerprint density at radius 2 is 1.94 bits per heavy atom. The maximum atomic E-state index is 13.1. The van der Waals surface area contributed by atoms with Crippen LogP contribution < -0.4 is 5.32 Å². The summed E-state index contributed by atoms with van der Waals surface area (Å²) in [5.41, 5.74) is 4.53. The van der Waals surface area contributed by atoms with Crippen LogP contribution in [0.5, 0.6) is 0 Å². The Morgan fingerprint density at radius 3 is 2.52 bits per heavy atom. The van der Waals surface area contributed by atoms with Crippen LogP contribution in [0.4, 0.5) is 0 Å². The molecule has 0 aromatic rings. The quantitative estimate of drug-likeness (QED) is 0.211. The van der Waals surface area contributed by atoms with Crippen LogP contribution >= 0.6 is 12.6 Å². The lowest BCUT2D eigenvalue weighted by molar-refractivity contribution is -0.152. The van der Waals surface area contributed by atoms with Crippen molar-refractivity contribution >= 4 is 24.4 Å². The van der Waals surface area contributed by atoms with Crippen LogP contribution in [0.2, 0.25) is 0 Å². The number of likely N-dealkylation sites (N-methyl/N-ethyl adjacent to an activating group) is 1. The Kier molecular flexibility index (Phi) is 11.7. The maximum absolute atomic E-state index is 13.1. The molecule has 0 bridgehead atoms. The fraction of sp³-hybridized carbons (Fsp3) is 0.654. The minimum atomic E-state index is -1.24. The molecule has 186 valence electrons. The number of hydrogen-bond acceptors (Lipinski definition) is 7. The third kappa shape index (κ3) is 8.49. The van der Waals surface area contributed by atoms with Crippen molar-refractivity contribution in [3.8, 4) is 0 Å². The Bertz CT molecular complexity index is 823. The van der Waals surface area contributed by atoms with Crippen molar-refractivity contribution in [2.24, 2.45) is 17.3 Å². The molecule has 0 fully saturated rings. The van der Waals surface area contributed by atoms with Gasteiger partial charge >= 0.3 is 5.97 Å². The molecule has 0 amide bonds. The van der Waals surface area contributed by atoms with Crippen LogP contribution in [0.15, 0.2) is 40.1 Å². The van der Waals surface area contributed by atoms with Crippen LogP contribution in [0, 0.1) is 17.3 Å². The molecule has 1 heterocycles. The predicted octanol–water partition coefficient (Wildman–Crippen LogP) is 4.10. The van der Waals surface area contributed by atoms with Gasteiger partial charge in [0, 0.05) is 24.7 Å². The SMILES string of the molecule is CNC(=C\S)/C=C(\C)[C@@H]1C=C=C(C)CCC[C@H](C)[C@H](O)[C@@H](C)C(=O)C(C)(C)[C@@H](O)CC(=O)O1. The first-order valence-corrected chi connectivity index (χ1v) is 12.1. The number of rotatable bonds is 3. The first-order valence-electron chi connectivity index (χ1n) is 11.6. The number of ether oxygens (including phenoxy) is 1. The fourth-order valence-corrected chi connectivity index (χ4v) is 4.12. The zero-order valence-corrected chi connectivity index (χ0v) is 21.9. The van der Waals surface area contributed by atoms with Gasteiger partial charge in [-0.25, -0.2) is 0 Å². The summed E-state index contributed by atoms with van der Waals surface area (Å²) in [6.45, 7) is 10.6. The first-order chi connectivity index (χ1) is 15.3. The first kappa shape index (κ1) is 29.2. The van der Waals surface area contributed by atoms with Gasteiger partial charge in [-0.3, -0.25) is 9.59 Å². The maximum Gasteiger partial charge on any atom is 0.309 e. The number of hydrogen-bond donors (Lipinski definition) is 4. The number of allylic oxidation sites excluding steroid dienone is 1. The van der Waals surface area contributed by atoms with Gasteiger partial charge in [0.1, 0.15) is 11.9 Å². The van der Waals surface area contributed by atoms with Crippen LogP contribution in [0.1, 0.15) is 67.2 Å². The molecule has 1 aliphatic rings. The van der Waals surface area contributed by atoms with Gasteiger partial charge in [-0.2, -0.15) is 0 Å². The minimum Gasteiger partial charge on any atom is -0.453 e. The lowest BCUT2D eigenvalue weighted by Gasteiger charge is -2.34. The van der Waals surface area contributed by atoms with E-state index in [4.69, 9.17) is 4.74 Å². The van der Waals surface area contributed by atoms with E-state index in [-0.39, 0.29) is 18.1 Å². The molecule has 5 atom stereocenters. The molecule has 0 saturated heterocycles. The highest BCUT2D eigenvalue weighted by molar-refractivity contribution is 7.83. The van der Waals surface area contributed by atoms with Gasteiger partial charge in [-0.1, -0.05) is 27.7 Å². The Morgan fingerprint density at radius 1 is 1.30 bits per heavy atom. The number of carbonyl (C=O) groups is 2. The predicted molar refractivity (Wildman–Crippen MR) is 135 cm³/mol. The second kappa shape index (κ2) is 13.2. The smallest absolute Gasteiger partial charge is 0.309 e. The molecule has 0 unspecified atom stereocenters. The summed E-state index contributed by atoms with van der Waals surface area (Å²) in [6, 6.07) is 0. The van der Waals surface area contributed by atoms with Crippen molar-refractivity contribution in [3.05, 3.63) is 40.1 Å². The summed E-state index contributed by atoms with van der Waals surface area (Å²) >= 11 is 4.17. The van der Waals surface area contributed by atoms with Crippen molar-refractivity contribution in [1.29, 1.82) is 0 Å². The van der Waals surface area contributed by atoms with E-state index in [2.05, 4.69) is 23.7 Å². The minimum absolute atomic E-state index is 0.0718. The molecule has 1 rings (SSSR count). The Balaban J connectivity index is 3.36. The third-order valence-corrected chi connectivity index (χ3v) is 6.83. The Labute approximate surface area is 204 Å². The summed E-state index contributed by atoms with van der Waals surface area (Å²) in [6.07, 6.45) is 2.84. The number of Topliss-reactive ketones (excluding diaryl/α,β-unsaturated/α-hetero) is 1. The summed E-state index contributed by atoms with van der Waals surface area (Å²) in [5.74, 6) is -1.62. The largest absolute Gasteiger partial charge is 0.453 e. The van der Waals surface area contributed by atoms with Crippen molar-refractivity contribution in [2.45, 2.75) is 85.5 Å². The van der Waals surface area contributed by atoms with Gasteiger partial charge in [0.15, 0.2) is 0 Å². The highest BCUT2D eigenvalue weighted by Crippen LogP contribution is 2.32. The van der Waals surface area contributed by atoms with E-state index in [1.165, 1.54) is 0 Å². The van der Waals surface area contributed by atoms with Crippen molar-refractivity contribution in [2.75, 3.05) is 7.05 Å². The number of aliphatic hydroxyl groups is 2. The number of ketones is 1.